The Bertz CT molecular complexity index is 625. The van der Waals surface area contributed by atoms with Crippen molar-refractivity contribution in [2.24, 2.45) is 0 Å². The predicted molar refractivity (Wildman–Crippen MR) is 68.5 cm³/mol. The van der Waals surface area contributed by atoms with Gasteiger partial charge in [0.25, 0.3) is 0 Å². The molecule has 4 nitrogen and oxygen atoms in total. The van der Waals surface area contributed by atoms with Crippen LogP contribution in [-0.2, 0) is 9.53 Å². The normalized spacial score (nSPS) is 24.7. The highest BCUT2D eigenvalue weighted by molar-refractivity contribution is 6.52. The minimum Gasteiger partial charge on any atom is -0.484 e. The Morgan fingerprint density at radius 2 is 1.79 bits per heavy atom. The molecule has 0 saturated heterocycles. The number of aliphatic hydroxyl groups excluding tert-OH is 1. The van der Waals surface area contributed by atoms with E-state index in [1.165, 1.54) is 0 Å². The molecule has 98 valence electrons. The van der Waals surface area contributed by atoms with Gasteiger partial charge in [0.1, 0.15) is 11.4 Å². The number of ether oxygens (including phenoxy) is 1. The van der Waals surface area contributed by atoms with Crippen molar-refractivity contribution in [1.82, 2.24) is 0 Å². The molecule has 2 aliphatic rings. The van der Waals surface area contributed by atoms with Crippen LogP contribution in [-0.4, -0.2) is 28.4 Å². The molecule has 1 aliphatic heterocycles. The quantitative estimate of drug-likeness (QED) is 0.720. The summed E-state index contributed by atoms with van der Waals surface area (Å²) in [6, 6.07) is 6.91. The lowest BCUT2D eigenvalue weighted by atomic mass is 9.81. The van der Waals surface area contributed by atoms with Gasteiger partial charge in [0.15, 0.2) is 0 Å². The van der Waals surface area contributed by atoms with Crippen LogP contribution in [0.1, 0.15) is 36.2 Å². The first-order chi connectivity index (χ1) is 8.92. The Balaban J connectivity index is 2.23. The Morgan fingerprint density at radius 1 is 1.16 bits per heavy atom. The second-order valence-corrected chi connectivity index (χ2v) is 5.44. The Kier molecular flexibility index (Phi) is 2.41. The van der Waals surface area contributed by atoms with Crippen molar-refractivity contribution < 1.29 is 19.4 Å². The van der Waals surface area contributed by atoms with Gasteiger partial charge >= 0.3 is 0 Å². The maximum absolute atomic E-state index is 12.1. The zero-order chi connectivity index (χ0) is 13.8. The molecule has 1 aromatic rings. The topological polar surface area (TPSA) is 63.6 Å². The summed E-state index contributed by atoms with van der Waals surface area (Å²) in [6.07, 6.45) is -0.644. The predicted octanol–water partition coefficient (Wildman–Crippen LogP) is 1.72. The summed E-state index contributed by atoms with van der Waals surface area (Å²) in [7, 11) is 0. The zero-order valence-corrected chi connectivity index (χ0v) is 10.8. The van der Waals surface area contributed by atoms with E-state index in [1.54, 1.807) is 38.1 Å². The van der Waals surface area contributed by atoms with Gasteiger partial charge in [-0.05, 0) is 13.8 Å². The SMILES string of the molecule is CC1(C)OC2=C(C[C@H]1O)C(=O)C(=O)c1ccccc12. The number of carbonyl (C=O) groups excluding carboxylic acids is 2. The van der Waals surface area contributed by atoms with Gasteiger partial charge in [-0.2, -0.15) is 0 Å². The van der Waals surface area contributed by atoms with E-state index in [1.807, 2.05) is 0 Å². The summed E-state index contributed by atoms with van der Waals surface area (Å²) >= 11 is 0. The molecule has 19 heavy (non-hydrogen) atoms. The lowest BCUT2D eigenvalue weighted by Crippen LogP contribution is -2.45. The molecule has 0 fully saturated rings. The first-order valence-electron chi connectivity index (χ1n) is 6.20. The summed E-state index contributed by atoms with van der Waals surface area (Å²) in [5, 5.41) is 10.0. The molecule has 0 aromatic heterocycles. The molecular formula is C15H14O4. The molecule has 4 heteroatoms. The molecule has 0 spiro atoms. The van der Waals surface area contributed by atoms with E-state index in [9.17, 15) is 14.7 Å². The zero-order valence-electron chi connectivity index (χ0n) is 10.8. The first-order valence-corrected chi connectivity index (χ1v) is 6.20. The number of hydrogen-bond donors (Lipinski definition) is 1. The van der Waals surface area contributed by atoms with Crippen molar-refractivity contribution in [3.8, 4) is 0 Å². The fourth-order valence-electron chi connectivity index (χ4n) is 2.48. The average molecular weight is 258 g/mol. The van der Waals surface area contributed by atoms with Crippen molar-refractivity contribution in [3.63, 3.8) is 0 Å². The Morgan fingerprint density at radius 3 is 2.47 bits per heavy atom. The van der Waals surface area contributed by atoms with E-state index in [-0.39, 0.29) is 12.0 Å². The molecule has 0 saturated carbocycles. The summed E-state index contributed by atoms with van der Waals surface area (Å²) in [5.74, 6) is -0.649. The van der Waals surface area contributed by atoms with Crippen LogP contribution < -0.4 is 0 Å². The second kappa shape index (κ2) is 3.78. The molecule has 0 unspecified atom stereocenters. The number of rotatable bonds is 0. The van der Waals surface area contributed by atoms with Gasteiger partial charge < -0.3 is 9.84 Å². The van der Waals surface area contributed by atoms with Crippen LogP contribution in [0.4, 0.5) is 0 Å². The highest BCUT2D eigenvalue weighted by Crippen LogP contribution is 2.41. The number of benzene rings is 1. The third-order valence-corrected chi connectivity index (χ3v) is 3.74. The van der Waals surface area contributed by atoms with E-state index in [2.05, 4.69) is 0 Å². The van der Waals surface area contributed by atoms with Gasteiger partial charge in [0.05, 0.1) is 6.10 Å². The molecule has 3 rings (SSSR count). The molecule has 0 radical (unpaired) electrons. The monoisotopic (exact) mass is 258 g/mol. The Labute approximate surface area is 110 Å². The number of carbonyl (C=O) groups is 2. The number of ketones is 2. The van der Waals surface area contributed by atoms with E-state index in [0.717, 1.165) is 0 Å². The molecule has 1 heterocycles. The van der Waals surface area contributed by atoms with Gasteiger partial charge in [-0.1, -0.05) is 24.3 Å². The third-order valence-electron chi connectivity index (χ3n) is 3.74. The van der Waals surface area contributed by atoms with E-state index < -0.39 is 23.3 Å². The van der Waals surface area contributed by atoms with Crippen LogP contribution in [0.2, 0.25) is 0 Å². The van der Waals surface area contributed by atoms with Crippen molar-refractivity contribution in [2.75, 3.05) is 0 Å². The van der Waals surface area contributed by atoms with Gasteiger partial charge in [0, 0.05) is 23.1 Å². The highest BCUT2D eigenvalue weighted by atomic mass is 16.5. The van der Waals surface area contributed by atoms with Crippen molar-refractivity contribution in [3.05, 3.63) is 41.0 Å². The summed E-state index contributed by atoms with van der Waals surface area (Å²) in [5.41, 5.74) is 0.531. The van der Waals surface area contributed by atoms with Crippen LogP contribution in [0.25, 0.3) is 5.76 Å². The van der Waals surface area contributed by atoms with Gasteiger partial charge in [-0.25, -0.2) is 0 Å². The number of hydrogen-bond acceptors (Lipinski definition) is 4. The van der Waals surface area contributed by atoms with Crippen molar-refractivity contribution in [1.29, 1.82) is 0 Å². The molecule has 1 aromatic carbocycles. The smallest absolute Gasteiger partial charge is 0.234 e. The maximum Gasteiger partial charge on any atom is 0.234 e. The lowest BCUT2D eigenvalue weighted by molar-refractivity contribution is -0.114. The standard InChI is InChI=1S/C15H14O4/c1-15(2)11(16)7-10-13(18)12(17)8-5-3-4-6-9(8)14(10)19-15/h3-6,11,16H,7H2,1-2H3/t11-/m1/s1. The number of Topliss-reactive ketones (excluding diaryl/α,β-unsaturated/α-hetero) is 2. The van der Waals surface area contributed by atoms with E-state index >= 15 is 0 Å². The summed E-state index contributed by atoms with van der Waals surface area (Å²) in [4.78, 5) is 24.1. The average Bonchev–Trinajstić information content (AvgIpc) is 2.38. The highest BCUT2D eigenvalue weighted by Gasteiger charge is 2.44. The first kappa shape index (κ1) is 12.1. The maximum atomic E-state index is 12.1. The van der Waals surface area contributed by atoms with Crippen LogP contribution in [0.15, 0.2) is 29.8 Å². The lowest BCUT2D eigenvalue weighted by Gasteiger charge is -2.39. The second-order valence-electron chi connectivity index (χ2n) is 5.44. The Hall–Kier alpha value is -1.94. The largest absolute Gasteiger partial charge is 0.484 e. The van der Waals surface area contributed by atoms with Gasteiger partial charge in [0.2, 0.25) is 11.6 Å². The molecule has 0 bridgehead atoms. The molecular weight excluding hydrogens is 244 g/mol. The van der Waals surface area contributed by atoms with Gasteiger partial charge in [-0.15, -0.1) is 0 Å². The minimum atomic E-state index is -0.798. The third kappa shape index (κ3) is 1.64. The van der Waals surface area contributed by atoms with Crippen LogP contribution in [0.3, 0.4) is 0 Å². The van der Waals surface area contributed by atoms with Crippen LogP contribution in [0, 0.1) is 0 Å². The summed E-state index contributed by atoms with van der Waals surface area (Å²) < 4.78 is 5.79. The van der Waals surface area contributed by atoms with Gasteiger partial charge in [-0.3, -0.25) is 9.59 Å². The molecule has 1 aliphatic carbocycles. The minimum absolute atomic E-state index is 0.154. The van der Waals surface area contributed by atoms with Crippen molar-refractivity contribution >= 4 is 17.3 Å². The number of aliphatic hydroxyl groups is 1. The van der Waals surface area contributed by atoms with Crippen molar-refractivity contribution in [2.45, 2.75) is 32.0 Å². The van der Waals surface area contributed by atoms with E-state index in [4.69, 9.17) is 4.74 Å². The van der Waals surface area contributed by atoms with Crippen LogP contribution >= 0.6 is 0 Å². The molecule has 1 N–H and O–H groups in total. The fraction of sp³-hybridized carbons (Fsp3) is 0.333. The molecule has 1 atom stereocenters. The van der Waals surface area contributed by atoms with E-state index in [0.29, 0.717) is 16.9 Å². The van der Waals surface area contributed by atoms with Crippen LogP contribution in [0.5, 0.6) is 0 Å². The number of fused-ring (bicyclic) bond motifs is 2. The molecule has 0 amide bonds. The summed E-state index contributed by atoms with van der Waals surface area (Å²) in [6.45, 7) is 3.54. The fourth-order valence-corrected chi connectivity index (χ4v) is 2.48.